The van der Waals surface area contributed by atoms with Crippen LogP contribution in [0.25, 0.3) is 0 Å². The molecular formula is C22H29NO2. The molecule has 5 rings (SSSR count). The van der Waals surface area contributed by atoms with Gasteiger partial charge in [0, 0.05) is 5.41 Å². The van der Waals surface area contributed by atoms with Crippen LogP contribution in [0.1, 0.15) is 57.9 Å². The molecule has 1 aromatic carbocycles. The molecule has 0 unspecified atom stereocenters. The van der Waals surface area contributed by atoms with Gasteiger partial charge in [-0.25, -0.2) is 4.79 Å². The highest BCUT2D eigenvalue weighted by atomic mass is 16.5. The summed E-state index contributed by atoms with van der Waals surface area (Å²) in [5.74, 6) is 2.20. The Morgan fingerprint density at radius 3 is 2.16 bits per heavy atom. The van der Waals surface area contributed by atoms with E-state index < -0.39 is 0 Å². The lowest BCUT2D eigenvalue weighted by Crippen LogP contribution is -2.52. The first kappa shape index (κ1) is 16.8. The molecule has 0 spiro atoms. The van der Waals surface area contributed by atoms with Crippen molar-refractivity contribution in [2.45, 2.75) is 65.0 Å². The van der Waals surface area contributed by atoms with Crippen molar-refractivity contribution in [1.82, 2.24) is 0 Å². The molecule has 25 heavy (non-hydrogen) atoms. The second-order valence-electron chi connectivity index (χ2n) is 8.80. The van der Waals surface area contributed by atoms with Crippen molar-refractivity contribution in [1.29, 1.82) is 0 Å². The number of benzene rings is 1. The number of hydrogen-bond acceptors (Lipinski definition) is 3. The van der Waals surface area contributed by atoms with Gasteiger partial charge in [-0.2, -0.15) is 0 Å². The van der Waals surface area contributed by atoms with Gasteiger partial charge in [0.05, 0.1) is 12.6 Å². The topological polar surface area (TPSA) is 38.7 Å². The molecule has 0 amide bonds. The molecule has 4 saturated carbocycles. The fourth-order valence-corrected chi connectivity index (χ4v) is 5.87. The van der Waals surface area contributed by atoms with Gasteiger partial charge in [-0.1, -0.05) is 30.3 Å². The van der Waals surface area contributed by atoms with Crippen molar-refractivity contribution in [3.63, 3.8) is 0 Å². The van der Waals surface area contributed by atoms with Crippen molar-refractivity contribution in [2.24, 2.45) is 28.2 Å². The highest BCUT2D eigenvalue weighted by molar-refractivity contribution is 6.38. The maximum absolute atomic E-state index is 12.9. The Morgan fingerprint density at radius 1 is 1.08 bits per heavy atom. The summed E-state index contributed by atoms with van der Waals surface area (Å²) < 4.78 is 5.62. The summed E-state index contributed by atoms with van der Waals surface area (Å²) in [6.45, 7) is 4.42. The van der Waals surface area contributed by atoms with Crippen molar-refractivity contribution < 1.29 is 9.53 Å². The minimum atomic E-state index is -0.173. The van der Waals surface area contributed by atoms with E-state index in [1.54, 1.807) is 0 Å². The van der Waals surface area contributed by atoms with Gasteiger partial charge in [0.25, 0.3) is 0 Å². The van der Waals surface area contributed by atoms with Crippen LogP contribution in [-0.4, -0.2) is 17.8 Å². The predicted octanol–water partition coefficient (Wildman–Crippen LogP) is 4.80. The smallest absolute Gasteiger partial charge is 0.353 e. The molecule has 0 N–H and O–H groups in total. The fraction of sp³-hybridized carbons (Fsp3) is 0.636. The predicted molar refractivity (Wildman–Crippen MR) is 99.4 cm³/mol. The molecule has 0 saturated heterocycles. The molecule has 0 aliphatic heterocycles. The number of nitrogens with zero attached hydrogens (tertiary/aromatic N) is 1. The summed E-state index contributed by atoms with van der Waals surface area (Å²) >= 11 is 0. The van der Waals surface area contributed by atoms with E-state index >= 15 is 0 Å². The number of esters is 1. The molecule has 0 atom stereocenters. The third-order valence-electron chi connectivity index (χ3n) is 6.34. The van der Waals surface area contributed by atoms with Gasteiger partial charge < -0.3 is 4.74 Å². The van der Waals surface area contributed by atoms with Gasteiger partial charge in [0.1, 0.15) is 5.71 Å². The highest BCUT2D eigenvalue weighted by Crippen LogP contribution is 2.60. The molecule has 1 aromatic rings. The Hall–Kier alpha value is -1.64. The van der Waals surface area contributed by atoms with E-state index in [4.69, 9.17) is 9.73 Å². The maximum atomic E-state index is 12.9. The Labute approximate surface area is 150 Å². The van der Waals surface area contributed by atoms with Crippen LogP contribution in [0.4, 0.5) is 0 Å². The maximum Gasteiger partial charge on any atom is 0.353 e. The summed E-state index contributed by atoms with van der Waals surface area (Å²) in [7, 11) is 0. The van der Waals surface area contributed by atoms with E-state index in [9.17, 15) is 4.79 Å². The zero-order chi connectivity index (χ0) is 17.4. The van der Waals surface area contributed by atoms with Gasteiger partial charge >= 0.3 is 5.97 Å². The normalized spacial score (nSPS) is 33.7. The fourth-order valence-electron chi connectivity index (χ4n) is 5.87. The summed E-state index contributed by atoms with van der Waals surface area (Å²) in [6, 6.07) is 10.2. The molecule has 3 nitrogen and oxygen atoms in total. The van der Waals surface area contributed by atoms with Gasteiger partial charge in [-0.3, -0.25) is 4.99 Å². The third-order valence-corrected chi connectivity index (χ3v) is 6.34. The van der Waals surface area contributed by atoms with E-state index in [1.165, 1.54) is 19.3 Å². The monoisotopic (exact) mass is 339 g/mol. The minimum absolute atomic E-state index is 0.0183. The molecule has 0 aromatic heterocycles. The van der Waals surface area contributed by atoms with Gasteiger partial charge in [-0.05, 0) is 75.7 Å². The lowest BCUT2D eigenvalue weighted by atomic mass is 9.48. The first-order chi connectivity index (χ1) is 12.0. The first-order valence-electron chi connectivity index (χ1n) is 9.84. The molecule has 4 aliphatic rings. The highest BCUT2D eigenvalue weighted by Gasteiger charge is 2.55. The standard InChI is InChI=1S/C22H29NO2/c1-15(2)25-21(24)20(23-14-16-6-4-3-5-7-16)22-11-17-8-18(12-22)10-19(9-17)13-22/h3-7,15,17-19H,8-14H2,1-2H3. The average molecular weight is 339 g/mol. The van der Waals surface area contributed by atoms with Crippen LogP contribution in [0.3, 0.4) is 0 Å². The Kier molecular flexibility index (Phi) is 4.43. The molecule has 4 aliphatic carbocycles. The van der Waals surface area contributed by atoms with Gasteiger partial charge in [-0.15, -0.1) is 0 Å². The van der Waals surface area contributed by atoms with Crippen molar-refractivity contribution in [3.05, 3.63) is 35.9 Å². The zero-order valence-electron chi connectivity index (χ0n) is 15.4. The number of carbonyl (C=O) groups excluding carboxylic acids is 1. The van der Waals surface area contributed by atoms with Gasteiger partial charge in [0.2, 0.25) is 0 Å². The zero-order valence-corrected chi connectivity index (χ0v) is 15.4. The van der Waals surface area contributed by atoms with Crippen LogP contribution in [0.5, 0.6) is 0 Å². The molecule has 4 bridgehead atoms. The van der Waals surface area contributed by atoms with Crippen LogP contribution in [0, 0.1) is 23.2 Å². The van der Waals surface area contributed by atoms with E-state index in [1.807, 2.05) is 32.0 Å². The first-order valence-corrected chi connectivity index (χ1v) is 9.84. The summed E-state index contributed by atoms with van der Waals surface area (Å²) in [4.78, 5) is 17.8. The Balaban J connectivity index is 1.64. The van der Waals surface area contributed by atoms with Gasteiger partial charge in [0.15, 0.2) is 0 Å². The summed E-state index contributed by atoms with van der Waals surface area (Å²) in [6.07, 6.45) is 7.42. The van der Waals surface area contributed by atoms with Crippen LogP contribution in [0.15, 0.2) is 35.3 Å². The molecule has 134 valence electrons. The van der Waals surface area contributed by atoms with Crippen LogP contribution < -0.4 is 0 Å². The number of carbonyl (C=O) groups is 1. The van der Waals surface area contributed by atoms with E-state index in [2.05, 4.69) is 12.1 Å². The van der Waals surface area contributed by atoms with Crippen molar-refractivity contribution in [3.8, 4) is 0 Å². The lowest BCUT2D eigenvalue weighted by Gasteiger charge is -2.56. The van der Waals surface area contributed by atoms with Crippen LogP contribution in [0.2, 0.25) is 0 Å². The van der Waals surface area contributed by atoms with E-state index in [-0.39, 0.29) is 17.5 Å². The van der Waals surface area contributed by atoms with E-state index in [0.717, 1.165) is 48.3 Å². The average Bonchev–Trinajstić information content (AvgIpc) is 2.53. The van der Waals surface area contributed by atoms with Crippen LogP contribution in [-0.2, 0) is 16.1 Å². The summed E-state index contributed by atoms with van der Waals surface area (Å²) in [5, 5.41) is 0. The number of ether oxygens (including phenoxy) is 1. The SMILES string of the molecule is CC(C)OC(=O)C(=NCc1ccccc1)C12CC3CC(CC(C3)C1)C2. The Bertz CT molecular complexity index is 627. The largest absolute Gasteiger partial charge is 0.458 e. The number of hydrogen-bond donors (Lipinski definition) is 0. The molecule has 0 radical (unpaired) electrons. The third kappa shape index (κ3) is 3.38. The van der Waals surface area contributed by atoms with Crippen molar-refractivity contribution in [2.75, 3.05) is 0 Å². The second kappa shape index (κ2) is 6.59. The molecule has 0 heterocycles. The molecule has 4 fully saturated rings. The minimum Gasteiger partial charge on any atom is -0.458 e. The van der Waals surface area contributed by atoms with Crippen LogP contribution >= 0.6 is 0 Å². The lowest BCUT2D eigenvalue weighted by molar-refractivity contribution is -0.140. The molecular weight excluding hydrogens is 310 g/mol. The van der Waals surface area contributed by atoms with Crippen molar-refractivity contribution >= 4 is 11.7 Å². The number of aliphatic imine (C=N–C) groups is 1. The molecule has 3 heteroatoms. The van der Waals surface area contributed by atoms with E-state index in [0.29, 0.717) is 6.54 Å². The summed E-state index contributed by atoms with van der Waals surface area (Å²) in [5.41, 5.74) is 1.88. The Morgan fingerprint density at radius 2 is 1.64 bits per heavy atom. The number of rotatable bonds is 5. The quantitative estimate of drug-likeness (QED) is 0.571. The second-order valence-corrected chi connectivity index (χ2v) is 8.80.